The summed E-state index contributed by atoms with van der Waals surface area (Å²) in [5, 5.41) is 3.72. The van der Waals surface area contributed by atoms with Crippen LogP contribution in [0.2, 0.25) is 0 Å². The molecule has 7 nitrogen and oxygen atoms in total. The molecular formula is C27H24N4O3S. The molecule has 1 N–H and O–H groups in total. The first-order chi connectivity index (χ1) is 16.9. The number of aryl methyl sites for hydroxylation is 3. The Morgan fingerprint density at radius 1 is 1.09 bits per heavy atom. The van der Waals surface area contributed by atoms with Crippen molar-refractivity contribution in [1.82, 2.24) is 9.97 Å². The quantitative estimate of drug-likeness (QED) is 0.423. The molecule has 2 aromatic heterocycles. The molecule has 4 aromatic rings. The van der Waals surface area contributed by atoms with E-state index in [4.69, 9.17) is 9.72 Å². The molecule has 0 aliphatic carbocycles. The van der Waals surface area contributed by atoms with Crippen molar-refractivity contribution in [3.8, 4) is 27.7 Å². The third kappa shape index (κ3) is 4.65. The van der Waals surface area contributed by atoms with Crippen LogP contribution in [0.4, 0.5) is 11.4 Å². The van der Waals surface area contributed by atoms with Crippen molar-refractivity contribution in [3.05, 3.63) is 76.8 Å². The molecule has 0 bridgehead atoms. The lowest BCUT2D eigenvalue weighted by Gasteiger charge is -2.29. The van der Waals surface area contributed by atoms with Gasteiger partial charge in [-0.25, -0.2) is 4.98 Å². The molecule has 2 amide bonds. The number of nitrogens with zero attached hydrogens (tertiary/aromatic N) is 3. The van der Waals surface area contributed by atoms with Crippen LogP contribution in [0.15, 0.2) is 60.8 Å². The van der Waals surface area contributed by atoms with Crippen LogP contribution in [0.25, 0.3) is 22.0 Å². The number of hydrogen-bond donors (Lipinski definition) is 1. The van der Waals surface area contributed by atoms with E-state index in [2.05, 4.69) is 10.3 Å². The number of fused-ring (bicyclic) bond motifs is 1. The van der Waals surface area contributed by atoms with Gasteiger partial charge in [0.2, 0.25) is 5.91 Å². The highest BCUT2D eigenvalue weighted by molar-refractivity contribution is 7.15. The van der Waals surface area contributed by atoms with Gasteiger partial charge < -0.3 is 10.1 Å². The maximum atomic E-state index is 12.8. The summed E-state index contributed by atoms with van der Waals surface area (Å²) in [6.07, 6.45) is 1.74. The van der Waals surface area contributed by atoms with Gasteiger partial charge in [-0.3, -0.25) is 19.5 Å². The number of ether oxygens (including phenoxy) is 1. The molecule has 0 spiro atoms. The second-order valence-electron chi connectivity index (χ2n) is 8.44. The number of anilines is 2. The number of carbonyl (C=O) groups is 2. The first-order valence-electron chi connectivity index (χ1n) is 11.2. The second kappa shape index (κ2) is 9.31. The van der Waals surface area contributed by atoms with Crippen LogP contribution in [-0.2, 0) is 9.59 Å². The highest BCUT2D eigenvalue weighted by atomic mass is 32.1. The first kappa shape index (κ1) is 22.7. The number of amides is 2. The van der Waals surface area contributed by atoms with Crippen LogP contribution in [0, 0.1) is 20.8 Å². The summed E-state index contributed by atoms with van der Waals surface area (Å²) in [7, 11) is 0. The Labute approximate surface area is 207 Å². The van der Waals surface area contributed by atoms with Crippen molar-refractivity contribution in [2.24, 2.45) is 0 Å². The zero-order chi connectivity index (χ0) is 24.5. The lowest BCUT2D eigenvalue weighted by atomic mass is 10.1. The van der Waals surface area contributed by atoms with Gasteiger partial charge >= 0.3 is 0 Å². The van der Waals surface area contributed by atoms with E-state index in [-0.39, 0.29) is 25.0 Å². The van der Waals surface area contributed by atoms with Gasteiger partial charge in [-0.15, -0.1) is 11.3 Å². The summed E-state index contributed by atoms with van der Waals surface area (Å²) in [6, 6.07) is 17.1. The van der Waals surface area contributed by atoms with Gasteiger partial charge in [-0.05, 0) is 74.4 Å². The Bertz CT molecular complexity index is 1430. The van der Waals surface area contributed by atoms with Crippen molar-refractivity contribution in [2.75, 3.05) is 23.4 Å². The third-order valence-electron chi connectivity index (χ3n) is 5.95. The molecule has 176 valence electrons. The van der Waals surface area contributed by atoms with Crippen LogP contribution < -0.4 is 15.0 Å². The molecule has 1 aliphatic heterocycles. The van der Waals surface area contributed by atoms with Crippen molar-refractivity contribution < 1.29 is 14.3 Å². The van der Waals surface area contributed by atoms with E-state index < -0.39 is 0 Å². The topological polar surface area (TPSA) is 84.4 Å². The molecule has 0 radical (unpaired) electrons. The minimum Gasteiger partial charge on any atom is -0.482 e. The minimum absolute atomic E-state index is 0.108. The van der Waals surface area contributed by atoms with Gasteiger partial charge in [0.15, 0.2) is 6.61 Å². The SMILES string of the molecule is Cc1ccc(NC(=O)CN2C(=O)COc3ccc(-c4nc(-c5ccccn5)sc4C)cc32)cc1C. The molecule has 8 heteroatoms. The molecule has 0 saturated heterocycles. The zero-order valence-electron chi connectivity index (χ0n) is 19.7. The second-order valence-corrected chi connectivity index (χ2v) is 9.64. The summed E-state index contributed by atoms with van der Waals surface area (Å²) in [6.45, 7) is 5.80. The van der Waals surface area contributed by atoms with E-state index in [1.54, 1.807) is 17.5 Å². The van der Waals surface area contributed by atoms with E-state index in [9.17, 15) is 9.59 Å². The Hall–Kier alpha value is -4.04. The van der Waals surface area contributed by atoms with Gasteiger partial charge in [-0.2, -0.15) is 0 Å². The average Bonchev–Trinajstić information content (AvgIpc) is 3.25. The van der Waals surface area contributed by atoms with Gasteiger partial charge in [0, 0.05) is 22.3 Å². The van der Waals surface area contributed by atoms with E-state index in [1.165, 1.54) is 4.90 Å². The largest absolute Gasteiger partial charge is 0.482 e. The molecular weight excluding hydrogens is 460 g/mol. The Kier molecular flexibility index (Phi) is 6.05. The van der Waals surface area contributed by atoms with Gasteiger partial charge in [-0.1, -0.05) is 12.1 Å². The molecule has 0 unspecified atom stereocenters. The first-order valence-corrected chi connectivity index (χ1v) is 12.0. The smallest absolute Gasteiger partial charge is 0.265 e. The molecule has 1 aliphatic rings. The maximum Gasteiger partial charge on any atom is 0.265 e. The summed E-state index contributed by atoms with van der Waals surface area (Å²) in [5.74, 6) is 0.0151. The van der Waals surface area contributed by atoms with Gasteiger partial charge in [0.05, 0.1) is 17.1 Å². The summed E-state index contributed by atoms with van der Waals surface area (Å²) in [5.41, 5.74) is 5.97. The van der Waals surface area contributed by atoms with E-state index in [1.807, 2.05) is 75.4 Å². The zero-order valence-corrected chi connectivity index (χ0v) is 20.5. The fourth-order valence-corrected chi connectivity index (χ4v) is 4.86. The Balaban J connectivity index is 1.42. The summed E-state index contributed by atoms with van der Waals surface area (Å²) >= 11 is 1.57. The molecule has 2 aromatic carbocycles. The average molecular weight is 485 g/mol. The fourth-order valence-electron chi connectivity index (χ4n) is 3.95. The Morgan fingerprint density at radius 2 is 1.94 bits per heavy atom. The molecule has 0 saturated carbocycles. The summed E-state index contributed by atoms with van der Waals surface area (Å²) in [4.78, 5) is 37.3. The number of nitrogens with one attached hydrogen (secondary N) is 1. The number of rotatable bonds is 5. The molecule has 5 rings (SSSR count). The summed E-state index contributed by atoms with van der Waals surface area (Å²) < 4.78 is 5.64. The number of aromatic nitrogens is 2. The van der Waals surface area contributed by atoms with E-state index >= 15 is 0 Å². The molecule has 0 atom stereocenters. The Morgan fingerprint density at radius 3 is 2.71 bits per heavy atom. The van der Waals surface area contributed by atoms with Crippen LogP contribution in [0.5, 0.6) is 5.75 Å². The van der Waals surface area contributed by atoms with Crippen LogP contribution in [-0.4, -0.2) is 34.9 Å². The van der Waals surface area contributed by atoms with Crippen molar-refractivity contribution in [3.63, 3.8) is 0 Å². The number of carbonyl (C=O) groups excluding carboxylic acids is 2. The lowest BCUT2D eigenvalue weighted by Crippen LogP contribution is -2.43. The maximum absolute atomic E-state index is 12.8. The predicted molar refractivity (Wildman–Crippen MR) is 138 cm³/mol. The van der Waals surface area contributed by atoms with Crippen molar-refractivity contribution in [2.45, 2.75) is 20.8 Å². The highest BCUT2D eigenvalue weighted by Gasteiger charge is 2.28. The number of benzene rings is 2. The van der Waals surface area contributed by atoms with Gasteiger partial charge in [0.25, 0.3) is 5.91 Å². The van der Waals surface area contributed by atoms with Crippen molar-refractivity contribution in [1.29, 1.82) is 0 Å². The number of hydrogen-bond acceptors (Lipinski definition) is 6. The highest BCUT2D eigenvalue weighted by Crippen LogP contribution is 2.39. The van der Waals surface area contributed by atoms with E-state index in [0.717, 1.165) is 38.0 Å². The molecule has 3 heterocycles. The van der Waals surface area contributed by atoms with E-state index in [0.29, 0.717) is 17.1 Å². The monoisotopic (exact) mass is 484 g/mol. The molecule has 35 heavy (non-hydrogen) atoms. The number of thiazole rings is 1. The van der Waals surface area contributed by atoms with Crippen LogP contribution in [0.3, 0.4) is 0 Å². The number of pyridine rings is 1. The lowest BCUT2D eigenvalue weighted by molar-refractivity contribution is -0.123. The van der Waals surface area contributed by atoms with Crippen molar-refractivity contribution >= 4 is 34.5 Å². The predicted octanol–water partition coefficient (Wildman–Crippen LogP) is 5.16. The van der Waals surface area contributed by atoms with Crippen LogP contribution in [0.1, 0.15) is 16.0 Å². The molecule has 0 fully saturated rings. The van der Waals surface area contributed by atoms with Crippen LogP contribution >= 0.6 is 11.3 Å². The van der Waals surface area contributed by atoms with Gasteiger partial charge in [0.1, 0.15) is 17.3 Å². The minimum atomic E-state index is -0.276. The fraction of sp³-hybridized carbons (Fsp3) is 0.185. The normalized spacial score (nSPS) is 12.8. The third-order valence-corrected chi connectivity index (χ3v) is 6.94. The standard InChI is InChI=1S/C27H24N4O3S/c1-16-7-9-20(12-17(16)2)29-24(32)14-31-22-13-19(8-10-23(22)34-15-25(31)33)26-18(3)35-27(30-26)21-6-4-5-11-28-21/h4-13H,14-15H2,1-3H3,(H,29,32).